The van der Waals surface area contributed by atoms with Crippen LogP contribution in [0.25, 0.3) is 0 Å². The molecule has 3 aromatic carbocycles. The number of hydrogen-bond donors (Lipinski definition) is 1. The van der Waals surface area contributed by atoms with Gasteiger partial charge in [0, 0.05) is 36.5 Å². The van der Waals surface area contributed by atoms with Gasteiger partial charge in [-0.05, 0) is 71.2 Å². The zero-order chi connectivity index (χ0) is 33.5. The minimum Gasteiger partial charge on any atom is -0.385 e. The van der Waals surface area contributed by atoms with Gasteiger partial charge in [-0.1, -0.05) is 85.2 Å². The lowest BCUT2D eigenvalue weighted by atomic mass is 9.83. The molecule has 1 unspecified atom stereocenters. The third kappa shape index (κ3) is 8.28. The second-order valence-electron chi connectivity index (χ2n) is 12.0. The number of amides is 2. The lowest BCUT2D eigenvalue weighted by molar-refractivity contribution is -0.131. The van der Waals surface area contributed by atoms with Crippen LogP contribution in [0.4, 0.5) is 4.39 Å². The first-order chi connectivity index (χ1) is 21.8. The second-order valence-corrected chi connectivity index (χ2v) is 15.2. The fourth-order valence-electron chi connectivity index (χ4n) is 5.26. The van der Waals surface area contributed by atoms with Crippen LogP contribution in [0.1, 0.15) is 60.8 Å². The lowest BCUT2D eigenvalue weighted by Crippen LogP contribution is -2.62. The molecule has 1 aromatic heterocycles. The molecule has 1 heterocycles. The van der Waals surface area contributed by atoms with Gasteiger partial charge in [0.2, 0.25) is 0 Å². The Morgan fingerprint density at radius 3 is 2.26 bits per heavy atom. The summed E-state index contributed by atoms with van der Waals surface area (Å²) in [6.45, 7) is 5.91. The van der Waals surface area contributed by atoms with Crippen molar-refractivity contribution >= 4 is 49.3 Å². The van der Waals surface area contributed by atoms with Gasteiger partial charge in [-0.2, -0.15) is 4.37 Å². The molecule has 46 heavy (non-hydrogen) atoms. The number of carbonyl (C=O) groups excluding carboxylic acids is 2. The van der Waals surface area contributed by atoms with Crippen LogP contribution in [0, 0.1) is 5.82 Å². The van der Waals surface area contributed by atoms with Crippen molar-refractivity contribution in [3.63, 3.8) is 0 Å². The molecule has 4 rings (SSSR count). The SMILES string of the molecule is COCCCC(Cc1ccsn1)(C(=O)NS(=O)(=O)c1ccccc1)N(Cc1ccccc1)C(=O)c1cc(Br)c(C(C)(C)C)cc1F. The third-order valence-electron chi connectivity index (χ3n) is 7.65. The predicted molar refractivity (Wildman–Crippen MR) is 181 cm³/mol. The molecule has 0 radical (unpaired) electrons. The average molecular weight is 731 g/mol. The summed E-state index contributed by atoms with van der Waals surface area (Å²) in [6.07, 6.45) is 0.154. The Morgan fingerprint density at radius 2 is 1.67 bits per heavy atom. The average Bonchev–Trinajstić information content (AvgIpc) is 3.53. The smallest absolute Gasteiger partial charge is 0.264 e. The van der Waals surface area contributed by atoms with E-state index in [1.165, 1.54) is 36.3 Å². The topological polar surface area (TPSA) is 106 Å². The van der Waals surface area contributed by atoms with E-state index in [0.717, 1.165) is 11.5 Å². The molecule has 0 fully saturated rings. The Kier molecular flexibility index (Phi) is 11.5. The summed E-state index contributed by atoms with van der Waals surface area (Å²) in [6, 6.07) is 21.0. The van der Waals surface area contributed by atoms with E-state index < -0.39 is 38.6 Å². The fourth-order valence-corrected chi connectivity index (χ4v) is 7.81. The molecule has 1 N–H and O–H groups in total. The monoisotopic (exact) mass is 729 g/mol. The first-order valence-electron chi connectivity index (χ1n) is 14.6. The Morgan fingerprint density at radius 1 is 1.02 bits per heavy atom. The zero-order valence-electron chi connectivity index (χ0n) is 26.1. The Bertz CT molecular complexity index is 1750. The van der Waals surface area contributed by atoms with Crippen LogP contribution in [0.2, 0.25) is 0 Å². The van der Waals surface area contributed by atoms with Crippen molar-refractivity contribution in [3.05, 3.63) is 117 Å². The van der Waals surface area contributed by atoms with Crippen molar-refractivity contribution in [3.8, 4) is 0 Å². The van der Waals surface area contributed by atoms with E-state index >= 15 is 4.39 Å². The molecule has 8 nitrogen and oxygen atoms in total. The number of rotatable bonds is 13. The molecular formula is C34H37BrFN3O5S2. The lowest BCUT2D eigenvalue weighted by Gasteiger charge is -2.43. The number of sulfonamides is 1. The first-order valence-corrected chi connectivity index (χ1v) is 17.8. The first kappa shape index (κ1) is 35.4. The molecule has 0 aliphatic rings. The van der Waals surface area contributed by atoms with E-state index in [9.17, 15) is 18.0 Å². The fraction of sp³-hybridized carbons (Fsp3) is 0.324. The van der Waals surface area contributed by atoms with Crippen molar-refractivity contribution in [2.75, 3.05) is 13.7 Å². The molecule has 2 amide bonds. The third-order valence-corrected chi connectivity index (χ3v) is 10.2. The number of hydrogen-bond acceptors (Lipinski definition) is 7. The molecule has 0 aliphatic carbocycles. The molecule has 0 aliphatic heterocycles. The quantitative estimate of drug-likeness (QED) is 0.150. The van der Waals surface area contributed by atoms with Crippen molar-refractivity contribution in [1.29, 1.82) is 0 Å². The Labute approximate surface area is 282 Å². The van der Waals surface area contributed by atoms with Crippen LogP contribution < -0.4 is 4.72 Å². The van der Waals surface area contributed by atoms with E-state index in [1.54, 1.807) is 53.9 Å². The van der Waals surface area contributed by atoms with Crippen molar-refractivity contribution < 1.29 is 27.1 Å². The number of methoxy groups -OCH3 is 1. The Hall–Kier alpha value is -3.45. The highest BCUT2D eigenvalue weighted by Crippen LogP contribution is 2.36. The highest BCUT2D eigenvalue weighted by Gasteiger charge is 2.48. The highest BCUT2D eigenvalue weighted by atomic mass is 79.9. The molecule has 0 bridgehead atoms. The van der Waals surface area contributed by atoms with Gasteiger partial charge in [0.1, 0.15) is 11.4 Å². The predicted octanol–water partition coefficient (Wildman–Crippen LogP) is 6.90. The van der Waals surface area contributed by atoms with Crippen LogP contribution in [0.15, 0.2) is 93.6 Å². The minimum atomic E-state index is -4.35. The highest BCUT2D eigenvalue weighted by molar-refractivity contribution is 9.10. The zero-order valence-corrected chi connectivity index (χ0v) is 29.3. The summed E-state index contributed by atoms with van der Waals surface area (Å²) >= 11 is 4.69. The number of aromatic nitrogens is 1. The Balaban J connectivity index is 1.95. The van der Waals surface area contributed by atoms with Gasteiger partial charge >= 0.3 is 0 Å². The summed E-state index contributed by atoms with van der Waals surface area (Å²) < 4.78 is 55.6. The van der Waals surface area contributed by atoms with Crippen LogP contribution in [-0.4, -0.2) is 48.8 Å². The molecular weight excluding hydrogens is 693 g/mol. The largest absolute Gasteiger partial charge is 0.385 e. The summed E-state index contributed by atoms with van der Waals surface area (Å²) in [5.41, 5.74) is -0.714. The van der Waals surface area contributed by atoms with Crippen LogP contribution in [0.5, 0.6) is 0 Å². The van der Waals surface area contributed by atoms with Crippen LogP contribution in [0.3, 0.4) is 0 Å². The summed E-state index contributed by atoms with van der Waals surface area (Å²) in [7, 11) is -2.84. The minimum absolute atomic E-state index is 0.00402. The van der Waals surface area contributed by atoms with Crippen LogP contribution >= 0.6 is 27.5 Å². The van der Waals surface area contributed by atoms with Gasteiger partial charge in [0.05, 0.1) is 16.2 Å². The van der Waals surface area contributed by atoms with E-state index in [4.69, 9.17) is 4.74 Å². The number of ether oxygens (including phenoxy) is 1. The van der Waals surface area contributed by atoms with Crippen LogP contribution in [-0.2, 0) is 37.9 Å². The maximum absolute atomic E-state index is 16.0. The number of nitrogens with one attached hydrogen (secondary N) is 1. The summed E-state index contributed by atoms with van der Waals surface area (Å²) in [5.74, 6) is -2.47. The molecule has 244 valence electrons. The normalized spacial score (nSPS) is 13.2. The maximum Gasteiger partial charge on any atom is 0.264 e. The van der Waals surface area contributed by atoms with Gasteiger partial charge in [-0.3, -0.25) is 9.59 Å². The van der Waals surface area contributed by atoms with E-state index in [1.807, 2.05) is 26.8 Å². The summed E-state index contributed by atoms with van der Waals surface area (Å²) in [4.78, 5) is 30.5. The number of halogens is 2. The van der Waals surface area contributed by atoms with Gasteiger partial charge in [0.15, 0.2) is 0 Å². The number of nitrogens with zero attached hydrogens (tertiary/aromatic N) is 2. The molecule has 1 atom stereocenters. The van der Waals surface area contributed by atoms with Crippen molar-refractivity contribution in [2.24, 2.45) is 0 Å². The standard InChI is InChI=1S/C34H37BrFN3O5S2/c1-33(2,3)28-21-30(36)27(20-29(28)35)31(40)39(23-24-12-7-5-8-13-24)34(17-11-18-44-4,22-25-16-19-45-37-25)32(41)38-46(42,43)26-14-9-6-10-15-26/h5-10,12-16,19-21H,11,17-18,22-23H2,1-4H3,(H,38,41). The molecule has 0 saturated heterocycles. The molecule has 12 heteroatoms. The van der Waals surface area contributed by atoms with Crippen molar-refractivity contribution in [2.45, 2.75) is 62.4 Å². The molecule has 4 aromatic rings. The molecule has 0 saturated carbocycles. The summed E-state index contributed by atoms with van der Waals surface area (Å²) in [5, 5.41) is 1.74. The van der Waals surface area contributed by atoms with E-state index in [2.05, 4.69) is 25.0 Å². The van der Waals surface area contributed by atoms with Gasteiger partial charge in [-0.25, -0.2) is 17.5 Å². The number of benzene rings is 3. The van der Waals surface area contributed by atoms with E-state index in [-0.39, 0.29) is 42.9 Å². The number of carbonyl (C=O) groups is 2. The second kappa shape index (κ2) is 15.0. The maximum atomic E-state index is 16.0. The van der Waals surface area contributed by atoms with Gasteiger partial charge in [-0.15, -0.1) is 0 Å². The molecule has 0 spiro atoms. The van der Waals surface area contributed by atoms with E-state index in [0.29, 0.717) is 21.3 Å². The van der Waals surface area contributed by atoms with Crippen molar-refractivity contribution in [1.82, 2.24) is 14.0 Å². The van der Waals surface area contributed by atoms with Gasteiger partial charge in [0.25, 0.3) is 21.8 Å². The van der Waals surface area contributed by atoms with Gasteiger partial charge < -0.3 is 9.64 Å².